The molecule has 5 heteroatoms. The van der Waals surface area contributed by atoms with Gasteiger partial charge in [-0.2, -0.15) is 5.26 Å². The van der Waals surface area contributed by atoms with Crippen LogP contribution in [-0.2, 0) is 0 Å². The Balaban J connectivity index is 1.74. The molecule has 25 heavy (non-hydrogen) atoms. The molecule has 2 heterocycles. The zero-order chi connectivity index (χ0) is 17.2. The zero-order valence-corrected chi connectivity index (χ0v) is 13.8. The van der Waals surface area contributed by atoms with Crippen molar-refractivity contribution in [1.82, 2.24) is 9.97 Å². The summed E-state index contributed by atoms with van der Waals surface area (Å²) in [6, 6.07) is 18.5. The molecule has 4 rings (SSSR count). The fourth-order valence-electron chi connectivity index (χ4n) is 2.63. The maximum atomic E-state index is 14.5. The number of halogens is 1. The van der Waals surface area contributed by atoms with Crippen molar-refractivity contribution >= 4 is 34.0 Å². The van der Waals surface area contributed by atoms with Crippen molar-refractivity contribution in [1.29, 1.82) is 5.26 Å². The van der Waals surface area contributed by atoms with Crippen molar-refractivity contribution < 1.29 is 4.39 Å². The summed E-state index contributed by atoms with van der Waals surface area (Å²) in [4.78, 5) is 8.50. The van der Waals surface area contributed by atoms with Gasteiger partial charge in [0, 0.05) is 10.4 Å². The molecule has 120 valence electrons. The quantitative estimate of drug-likeness (QED) is 0.499. The number of nitriles is 1. The lowest BCUT2D eigenvalue weighted by molar-refractivity contribution is 0.625. The average molecular weight is 345 g/mol. The van der Waals surface area contributed by atoms with E-state index in [1.807, 2.05) is 47.8 Å². The number of aromatic amines is 1. The third-order valence-corrected chi connectivity index (χ3v) is 4.79. The van der Waals surface area contributed by atoms with Crippen molar-refractivity contribution in [2.24, 2.45) is 0 Å². The van der Waals surface area contributed by atoms with Gasteiger partial charge in [0.1, 0.15) is 17.7 Å². The number of aromatic nitrogens is 2. The highest BCUT2D eigenvalue weighted by Gasteiger charge is 2.10. The number of fused-ring (bicyclic) bond motifs is 1. The van der Waals surface area contributed by atoms with E-state index in [1.54, 1.807) is 17.4 Å². The van der Waals surface area contributed by atoms with Crippen LogP contribution in [0.25, 0.3) is 33.1 Å². The number of hydrogen-bond donors (Lipinski definition) is 1. The van der Waals surface area contributed by atoms with Gasteiger partial charge >= 0.3 is 0 Å². The molecule has 0 saturated heterocycles. The van der Waals surface area contributed by atoms with Crippen LogP contribution in [0.2, 0.25) is 0 Å². The summed E-state index contributed by atoms with van der Waals surface area (Å²) in [7, 11) is 0. The molecule has 0 unspecified atom stereocenters. The zero-order valence-electron chi connectivity index (χ0n) is 13.0. The molecule has 4 aromatic rings. The van der Waals surface area contributed by atoms with Crippen molar-refractivity contribution in [2.45, 2.75) is 0 Å². The number of benzene rings is 2. The van der Waals surface area contributed by atoms with Crippen molar-refractivity contribution in [2.75, 3.05) is 0 Å². The first-order chi connectivity index (χ1) is 12.2. The van der Waals surface area contributed by atoms with Gasteiger partial charge in [0.05, 0.1) is 16.6 Å². The van der Waals surface area contributed by atoms with Gasteiger partial charge in [-0.3, -0.25) is 0 Å². The number of nitrogens with zero attached hydrogens (tertiary/aromatic N) is 2. The molecule has 2 aromatic carbocycles. The molecule has 0 bridgehead atoms. The average Bonchev–Trinajstić information content (AvgIpc) is 3.30. The number of H-pyrrole nitrogens is 1. The van der Waals surface area contributed by atoms with E-state index < -0.39 is 0 Å². The Kier molecular flexibility index (Phi) is 3.88. The van der Waals surface area contributed by atoms with Gasteiger partial charge in [-0.05, 0) is 41.3 Å². The Morgan fingerprint density at radius 1 is 1.16 bits per heavy atom. The summed E-state index contributed by atoms with van der Waals surface area (Å²) in [6.07, 6.45) is 1.52. The van der Waals surface area contributed by atoms with Crippen LogP contribution in [0.15, 0.2) is 60.0 Å². The lowest BCUT2D eigenvalue weighted by Gasteiger charge is -2.02. The molecular formula is C20H12FN3S. The molecule has 0 aliphatic carbocycles. The Morgan fingerprint density at radius 3 is 2.76 bits per heavy atom. The number of rotatable bonds is 3. The van der Waals surface area contributed by atoms with Crippen molar-refractivity contribution in [3.8, 4) is 16.5 Å². The molecule has 0 fully saturated rings. The Bertz CT molecular complexity index is 1080. The highest BCUT2D eigenvalue weighted by atomic mass is 32.1. The second kappa shape index (κ2) is 6.34. The van der Waals surface area contributed by atoms with Crippen LogP contribution >= 0.6 is 11.3 Å². The topological polar surface area (TPSA) is 52.5 Å². The maximum Gasteiger partial charge on any atom is 0.149 e. The SMILES string of the molecule is N#C/C(=C/c1ccc(-c2cccs2)cc1F)c1nc2ccccc2[nH]1. The van der Waals surface area contributed by atoms with Gasteiger partial charge in [-0.1, -0.05) is 30.3 Å². The van der Waals surface area contributed by atoms with E-state index in [1.165, 1.54) is 12.1 Å². The van der Waals surface area contributed by atoms with E-state index in [9.17, 15) is 9.65 Å². The van der Waals surface area contributed by atoms with Gasteiger partial charge in [-0.15, -0.1) is 11.3 Å². The van der Waals surface area contributed by atoms with E-state index in [4.69, 9.17) is 0 Å². The minimum atomic E-state index is -0.366. The van der Waals surface area contributed by atoms with Gasteiger partial charge in [-0.25, -0.2) is 9.37 Å². The van der Waals surface area contributed by atoms with Gasteiger partial charge in [0.15, 0.2) is 0 Å². The molecule has 0 aliphatic heterocycles. The number of thiophene rings is 1. The number of para-hydroxylation sites is 2. The summed E-state index contributed by atoms with van der Waals surface area (Å²) >= 11 is 1.56. The molecule has 0 amide bonds. The largest absolute Gasteiger partial charge is 0.337 e. The predicted octanol–water partition coefficient (Wildman–Crippen LogP) is 5.49. The fraction of sp³-hybridized carbons (Fsp3) is 0. The van der Waals surface area contributed by atoms with Crippen LogP contribution in [0.5, 0.6) is 0 Å². The molecule has 0 atom stereocenters. The lowest BCUT2D eigenvalue weighted by atomic mass is 10.1. The van der Waals surface area contributed by atoms with Gasteiger partial charge in [0.25, 0.3) is 0 Å². The summed E-state index contributed by atoms with van der Waals surface area (Å²) in [6.45, 7) is 0. The van der Waals surface area contributed by atoms with E-state index >= 15 is 0 Å². The van der Waals surface area contributed by atoms with E-state index in [-0.39, 0.29) is 5.82 Å². The highest BCUT2D eigenvalue weighted by Crippen LogP contribution is 2.27. The number of allylic oxidation sites excluding steroid dienone is 1. The molecule has 0 saturated carbocycles. The second-order valence-electron chi connectivity index (χ2n) is 5.49. The molecule has 0 radical (unpaired) electrons. The van der Waals surface area contributed by atoms with E-state index in [2.05, 4.69) is 16.0 Å². The molecule has 0 spiro atoms. The molecule has 0 aliphatic rings. The van der Waals surface area contributed by atoms with Crippen LogP contribution in [-0.4, -0.2) is 9.97 Å². The Hall–Kier alpha value is -3.23. The van der Waals surface area contributed by atoms with E-state index in [0.717, 1.165) is 21.5 Å². The minimum absolute atomic E-state index is 0.291. The minimum Gasteiger partial charge on any atom is -0.337 e. The summed E-state index contributed by atoms with van der Waals surface area (Å²) in [5.74, 6) is 0.0696. The molecular weight excluding hydrogens is 333 g/mol. The van der Waals surface area contributed by atoms with Crippen LogP contribution < -0.4 is 0 Å². The van der Waals surface area contributed by atoms with Gasteiger partial charge < -0.3 is 4.98 Å². The summed E-state index contributed by atoms with van der Waals surface area (Å²) in [5.41, 5.74) is 3.09. The normalized spacial score (nSPS) is 11.6. The van der Waals surface area contributed by atoms with Crippen LogP contribution in [0.1, 0.15) is 11.4 Å². The van der Waals surface area contributed by atoms with E-state index in [0.29, 0.717) is 17.0 Å². The van der Waals surface area contributed by atoms with Gasteiger partial charge in [0.2, 0.25) is 0 Å². The third-order valence-electron chi connectivity index (χ3n) is 3.87. The number of imidazole rings is 1. The molecule has 1 N–H and O–H groups in total. The molecule has 3 nitrogen and oxygen atoms in total. The standard InChI is InChI=1S/C20H12FN3S/c21-16-11-14(19-6-3-9-25-19)8-7-13(16)10-15(12-22)20-23-17-4-1-2-5-18(17)24-20/h1-11H,(H,23,24)/b15-10-. The first-order valence-electron chi connectivity index (χ1n) is 7.65. The predicted molar refractivity (Wildman–Crippen MR) is 99.3 cm³/mol. The van der Waals surface area contributed by atoms with Crippen LogP contribution in [0, 0.1) is 17.1 Å². The Labute approximate surface area is 147 Å². The lowest BCUT2D eigenvalue weighted by Crippen LogP contribution is -1.88. The monoisotopic (exact) mass is 345 g/mol. The first-order valence-corrected chi connectivity index (χ1v) is 8.53. The fourth-order valence-corrected chi connectivity index (χ4v) is 3.35. The van der Waals surface area contributed by atoms with Crippen molar-refractivity contribution in [3.05, 3.63) is 77.2 Å². The highest BCUT2D eigenvalue weighted by molar-refractivity contribution is 7.13. The Morgan fingerprint density at radius 2 is 2.04 bits per heavy atom. The summed E-state index contributed by atoms with van der Waals surface area (Å²) in [5, 5.41) is 11.4. The maximum absolute atomic E-state index is 14.5. The van der Waals surface area contributed by atoms with Crippen LogP contribution in [0.3, 0.4) is 0 Å². The first kappa shape index (κ1) is 15.3. The third kappa shape index (κ3) is 2.95. The van der Waals surface area contributed by atoms with Crippen molar-refractivity contribution in [3.63, 3.8) is 0 Å². The number of hydrogen-bond acceptors (Lipinski definition) is 3. The number of nitrogens with one attached hydrogen (secondary N) is 1. The summed E-state index contributed by atoms with van der Waals surface area (Å²) < 4.78 is 14.5. The van der Waals surface area contributed by atoms with Crippen LogP contribution in [0.4, 0.5) is 4.39 Å². The smallest absolute Gasteiger partial charge is 0.149 e. The second-order valence-corrected chi connectivity index (χ2v) is 6.43. The molecule has 2 aromatic heterocycles.